The summed E-state index contributed by atoms with van der Waals surface area (Å²) in [5.74, 6) is 1.55. The van der Waals surface area contributed by atoms with Crippen LogP contribution in [0.15, 0.2) is 35.2 Å². The SMILES string of the molecule is Cc1cc([C@@H]2CCCN(C(=O)[C@H]3CSc4ccccc43)C2)n[nH]1. The molecule has 2 aromatic rings. The molecule has 0 bridgehead atoms. The average molecular weight is 327 g/mol. The van der Waals surface area contributed by atoms with Crippen molar-refractivity contribution in [2.24, 2.45) is 0 Å². The molecule has 2 aliphatic heterocycles. The summed E-state index contributed by atoms with van der Waals surface area (Å²) < 4.78 is 0. The van der Waals surface area contributed by atoms with E-state index in [9.17, 15) is 4.79 Å². The number of piperidine rings is 1. The zero-order chi connectivity index (χ0) is 15.8. The number of carbonyl (C=O) groups is 1. The third-order valence-corrected chi connectivity index (χ3v) is 6.06. The van der Waals surface area contributed by atoms with Crippen molar-refractivity contribution in [1.29, 1.82) is 0 Å². The van der Waals surface area contributed by atoms with Gasteiger partial charge in [0, 0.05) is 35.3 Å². The minimum atomic E-state index is 0.0240. The Balaban J connectivity index is 1.51. The lowest BCUT2D eigenvalue weighted by Crippen LogP contribution is -2.41. The van der Waals surface area contributed by atoms with Crippen molar-refractivity contribution < 1.29 is 4.79 Å². The van der Waals surface area contributed by atoms with Gasteiger partial charge in [-0.25, -0.2) is 0 Å². The fourth-order valence-corrected chi connectivity index (χ4v) is 4.87. The Morgan fingerprint density at radius 3 is 3.09 bits per heavy atom. The maximum Gasteiger partial charge on any atom is 0.231 e. The van der Waals surface area contributed by atoms with E-state index in [1.165, 1.54) is 10.5 Å². The van der Waals surface area contributed by atoms with E-state index in [0.717, 1.165) is 43.1 Å². The van der Waals surface area contributed by atoms with Gasteiger partial charge in [-0.15, -0.1) is 11.8 Å². The normalized spacial score (nSPS) is 23.8. The molecule has 3 heterocycles. The molecule has 0 spiro atoms. The predicted molar refractivity (Wildman–Crippen MR) is 91.8 cm³/mol. The number of fused-ring (bicyclic) bond motifs is 1. The van der Waals surface area contributed by atoms with E-state index in [1.54, 1.807) is 11.8 Å². The summed E-state index contributed by atoms with van der Waals surface area (Å²) in [7, 11) is 0. The Morgan fingerprint density at radius 1 is 1.39 bits per heavy atom. The molecule has 4 rings (SSSR count). The second-order valence-corrected chi connectivity index (χ2v) is 7.56. The average Bonchev–Trinajstić information content (AvgIpc) is 3.20. The van der Waals surface area contributed by atoms with Crippen LogP contribution in [0.2, 0.25) is 0 Å². The van der Waals surface area contributed by atoms with Crippen LogP contribution in [0, 0.1) is 6.92 Å². The molecule has 0 radical (unpaired) electrons. The summed E-state index contributed by atoms with van der Waals surface area (Å²) in [6.07, 6.45) is 2.17. The van der Waals surface area contributed by atoms with Crippen molar-refractivity contribution in [2.75, 3.05) is 18.8 Å². The number of likely N-dealkylation sites (tertiary alicyclic amines) is 1. The first-order valence-corrected chi connectivity index (χ1v) is 9.23. The van der Waals surface area contributed by atoms with Crippen LogP contribution < -0.4 is 0 Å². The smallest absolute Gasteiger partial charge is 0.231 e. The van der Waals surface area contributed by atoms with Crippen molar-refractivity contribution in [3.05, 3.63) is 47.3 Å². The Morgan fingerprint density at radius 2 is 2.26 bits per heavy atom. The first-order chi connectivity index (χ1) is 11.2. The van der Waals surface area contributed by atoms with Gasteiger partial charge in [-0.3, -0.25) is 9.89 Å². The molecule has 0 unspecified atom stereocenters. The quantitative estimate of drug-likeness (QED) is 0.920. The van der Waals surface area contributed by atoms with Crippen LogP contribution in [0.1, 0.15) is 41.6 Å². The highest BCUT2D eigenvalue weighted by Crippen LogP contribution is 2.41. The minimum absolute atomic E-state index is 0.0240. The lowest BCUT2D eigenvalue weighted by Gasteiger charge is -2.33. The Hall–Kier alpha value is -1.75. The first-order valence-electron chi connectivity index (χ1n) is 8.25. The summed E-state index contributed by atoms with van der Waals surface area (Å²) in [6, 6.07) is 10.4. The number of nitrogens with one attached hydrogen (secondary N) is 1. The Labute approximate surface area is 140 Å². The molecule has 0 aliphatic carbocycles. The highest BCUT2D eigenvalue weighted by Gasteiger charge is 2.34. The maximum absolute atomic E-state index is 13.0. The summed E-state index contributed by atoms with van der Waals surface area (Å²) >= 11 is 1.80. The number of H-pyrrole nitrogens is 1. The van der Waals surface area contributed by atoms with Crippen LogP contribution in [-0.2, 0) is 4.79 Å². The van der Waals surface area contributed by atoms with Gasteiger partial charge in [0.25, 0.3) is 0 Å². The van der Waals surface area contributed by atoms with Crippen molar-refractivity contribution in [2.45, 2.75) is 36.5 Å². The second-order valence-electron chi connectivity index (χ2n) is 6.50. The van der Waals surface area contributed by atoms with Crippen molar-refractivity contribution in [1.82, 2.24) is 15.1 Å². The van der Waals surface area contributed by atoms with Crippen LogP contribution in [0.25, 0.3) is 0 Å². The van der Waals surface area contributed by atoms with Crippen LogP contribution >= 0.6 is 11.8 Å². The van der Waals surface area contributed by atoms with Gasteiger partial charge in [0.2, 0.25) is 5.91 Å². The molecular formula is C18H21N3OS. The monoisotopic (exact) mass is 327 g/mol. The number of amides is 1. The van der Waals surface area contributed by atoms with E-state index in [2.05, 4.69) is 39.4 Å². The van der Waals surface area contributed by atoms with E-state index in [4.69, 9.17) is 0 Å². The summed E-state index contributed by atoms with van der Waals surface area (Å²) in [4.78, 5) is 16.4. The largest absolute Gasteiger partial charge is 0.341 e. The molecule has 1 N–H and O–H groups in total. The highest BCUT2D eigenvalue weighted by molar-refractivity contribution is 7.99. The van der Waals surface area contributed by atoms with E-state index in [1.807, 2.05) is 13.0 Å². The van der Waals surface area contributed by atoms with Crippen molar-refractivity contribution in [3.63, 3.8) is 0 Å². The molecule has 2 atom stereocenters. The molecule has 4 nitrogen and oxygen atoms in total. The number of carbonyl (C=O) groups excluding carboxylic acids is 1. The van der Waals surface area contributed by atoms with E-state index in [-0.39, 0.29) is 5.92 Å². The molecule has 23 heavy (non-hydrogen) atoms. The predicted octanol–water partition coefficient (Wildman–Crippen LogP) is 3.31. The number of aromatic nitrogens is 2. The lowest BCUT2D eigenvalue weighted by molar-refractivity contribution is -0.133. The molecule has 2 aliphatic rings. The Bertz CT molecular complexity index is 727. The zero-order valence-corrected chi connectivity index (χ0v) is 14.1. The zero-order valence-electron chi connectivity index (χ0n) is 13.3. The molecule has 1 fully saturated rings. The lowest BCUT2D eigenvalue weighted by atomic mass is 9.92. The first kappa shape index (κ1) is 14.8. The van der Waals surface area contributed by atoms with Gasteiger partial charge in [-0.2, -0.15) is 5.10 Å². The molecule has 1 saturated heterocycles. The molecule has 1 aromatic heterocycles. The number of nitrogens with zero attached hydrogens (tertiary/aromatic N) is 2. The molecular weight excluding hydrogens is 306 g/mol. The van der Waals surface area contributed by atoms with E-state index in [0.29, 0.717) is 11.8 Å². The van der Waals surface area contributed by atoms with Gasteiger partial charge in [-0.1, -0.05) is 18.2 Å². The Kier molecular flexibility index (Phi) is 3.89. The molecule has 5 heteroatoms. The second kappa shape index (κ2) is 6.04. The molecule has 1 amide bonds. The fourth-order valence-electron chi connectivity index (χ4n) is 3.65. The van der Waals surface area contributed by atoms with Crippen LogP contribution in [-0.4, -0.2) is 39.8 Å². The fraction of sp³-hybridized carbons (Fsp3) is 0.444. The number of hydrogen-bond donors (Lipinski definition) is 1. The van der Waals surface area contributed by atoms with Gasteiger partial charge in [-0.05, 0) is 37.5 Å². The standard InChI is InChI=1S/C18H21N3OS/c1-12-9-16(20-19-12)13-5-4-8-21(10-13)18(22)15-11-23-17-7-3-2-6-14(15)17/h2-3,6-7,9,13,15H,4-5,8,10-11H2,1H3,(H,19,20)/t13-,15+/m1/s1. The minimum Gasteiger partial charge on any atom is -0.341 e. The summed E-state index contributed by atoms with van der Waals surface area (Å²) in [5.41, 5.74) is 3.39. The number of aryl methyl sites for hydroxylation is 1. The van der Waals surface area contributed by atoms with Gasteiger partial charge in [0.1, 0.15) is 0 Å². The van der Waals surface area contributed by atoms with Crippen molar-refractivity contribution in [3.8, 4) is 0 Å². The van der Waals surface area contributed by atoms with Gasteiger partial charge >= 0.3 is 0 Å². The highest BCUT2D eigenvalue weighted by atomic mass is 32.2. The molecule has 0 saturated carbocycles. The van der Waals surface area contributed by atoms with Gasteiger partial charge < -0.3 is 4.90 Å². The number of benzene rings is 1. The van der Waals surface area contributed by atoms with Crippen molar-refractivity contribution >= 4 is 17.7 Å². The topological polar surface area (TPSA) is 49.0 Å². The van der Waals surface area contributed by atoms with Gasteiger partial charge in [0.05, 0.1) is 11.6 Å². The van der Waals surface area contributed by atoms with Gasteiger partial charge in [0.15, 0.2) is 0 Å². The summed E-state index contributed by atoms with van der Waals surface area (Å²) in [6.45, 7) is 3.70. The summed E-state index contributed by atoms with van der Waals surface area (Å²) in [5, 5.41) is 7.42. The number of hydrogen-bond acceptors (Lipinski definition) is 3. The number of aromatic amines is 1. The molecule has 1 aromatic carbocycles. The van der Waals surface area contributed by atoms with E-state index >= 15 is 0 Å². The molecule has 120 valence electrons. The van der Waals surface area contributed by atoms with Crippen LogP contribution in [0.5, 0.6) is 0 Å². The maximum atomic E-state index is 13.0. The van der Waals surface area contributed by atoms with Crippen LogP contribution in [0.4, 0.5) is 0 Å². The third kappa shape index (κ3) is 2.78. The number of rotatable bonds is 2. The van der Waals surface area contributed by atoms with Crippen LogP contribution in [0.3, 0.4) is 0 Å². The third-order valence-electron chi connectivity index (χ3n) is 4.88. The number of thioether (sulfide) groups is 1. The van der Waals surface area contributed by atoms with E-state index < -0.39 is 0 Å².